The number of anilines is 1. The van der Waals surface area contributed by atoms with Gasteiger partial charge in [0.1, 0.15) is 5.75 Å². The number of para-hydroxylation sites is 1. The molecule has 0 atom stereocenters. The van der Waals surface area contributed by atoms with Gasteiger partial charge in [0.2, 0.25) is 9.84 Å². The number of amides is 1. The second-order valence-electron chi connectivity index (χ2n) is 5.53. The van der Waals surface area contributed by atoms with Crippen LogP contribution in [-0.2, 0) is 9.84 Å². The minimum Gasteiger partial charge on any atom is -0.410 e. The molecule has 0 radical (unpaired) electrons. The number of nitrogens with one attached hydrogen (secondary N) is 1. The van der Waals surface area contributed by atoms with E-state index >= 15 is 0 Å². The van der Waals surface area contributed by atoms with Crippen molar-refractivity contribution in [3.63, 3.8) is 0 Å². The number of aryl methyl sites for hydroxylation is 1. The fourth-order valence-electron chi connectivity index (χ4n) is 2.19. The quantitative estimate of drug-likeness (QED) is 0.756. The zero-order valence-corrected chi connectivity index (χ0v) is 14.7. The Labute approximate surface area is 151 Å². The number of hydrogen-bond donors (Lipinski definition) is 1. The Balaban J connectivity index is 1.72. The van der Waals surface area contributed by atoms with Crippen molar-refractivity contribution in [1.29, 1.82) is 0 Å². The van der Waals surface area contributed by atoms with Crippen LogP contribution in [-0.4, -0.2) is 19.5 Å². The SMILES string of the molecule is Cc1ccc(S(=O)(=O)c2ccc(NC(=O)Oc3ccccc3)cc2)nc1. The molecular weight excluding hydrogens is 352 g/mol. The van der Waals surface area contributed by atoms with Gasteiger partial charge in [0.05, 0.1) is 4.90 Å². The molecule has 0 bridgehead atoms. The second-order valence-corrected chi connectivity index (χ2v) is 7.43. The standard InChI is InChI=1S/C19H16N2O4S/c1-14-7-12-18(20-13-14)26(23,24)17-10-8-15(9-11-17)21-19(22)25-16-5-3-2-4-6-16/h2-13H,1H3,(H,21,22). The van der Waals surface area contributed by atoms with Gasteiger partial charge in [-0.05, 0) is 55.0 Å². The van der Waals surface area contributed by atoms with Crippen LogP contribution < -0.4 is 10.1 Å². The van der Waals surface area contributed by atoms with E-state index in [1.54, 1.807) is 30.3 Å². The zero-order valence-electron chi connectivity index (χ0n) is 13.9. The van der Waals surface area contributed by atoms with Gasteiger partial charge in [-0.1, -0.05) is 24.3 Å². The first-order valence-corrected chi connectivity index (χ1v) is 9.25. The number of nitrogens with zero attached hydrogens (tertiary/aromatic N) is 1. The average Bonchev–Trinajstić information content (AvgIpc) is 2.63. The molecule has 3 rings (SSSR count). The van der Waals surface area contributed by atoms with Crippen LogP contribution in [0.4, 0.5) is 10.5 Å². The first kappa shape index (κ1) is 17.6. The van der Waals surface area contributed by atoms with Crippen LogP contribution in [0, 0.1) is 6.92 Å². The Morgan fingerprint density at radius 2 is 1.65 bits per heavy atom. The highest BCUT2D eigenvalue weighted by Gasteiger charge is 2.19. The highest BCUT2D eigenvalue weighted by Crippen LogP contribution is 2.21. The van der Waals surface area contributed by atoms with Crippen LogP contribution in [0.25, 0.3) is 0 Å². The molecule has 26 heavy (non-hydrogen) atoms. The van der Waals surface area contributed by atoms with E-state index in [1.165, 1.54) is 36.5 Å². The Morgan fingerprint density at radius 1 is 0.962 bits per heavy atom. The predicted molar refractivity (Wildman–Crippen MR) is 97.0 cm³/mol. The number of rotatable bonds is 4. The molecule has 0 fully saturated rings. The smallest absolute Gasteiger partial charge is 0.410 e. The van der Waals surface area contributed by atoms with Crippen LogP contribution in [0.2, 0.25) is 0 Å². The summed E-state index contributed by atoms with van der Waals surface area (Å²) in [7, 11) is -3.70. The number of benzene rings is 2. The van der Waals surface area contributed by atoms with Crippen LogP contribution in [0.3, 0.4) is 0 Å². The van der Waals surface area contributed by atoms with Gasteiger partial charge >= 0.3 is 6.09 Å². The van der Waals surface area contributed by atoms with Crippen LogP contribution in [0.15, 0.2) is 82.8 Å². The maximum atomic E-state index is 12.5. The van der Waals surface area contributed by atoms with E-state index < -0.39 is 15.9 Å². The zero-order chi connectivity index (χ0) is 18.6. The van der Waals surface area contributed by atoms with Gasteiger partial charge in [-0.3, -0.25) is 5.32 Å². The summed E-state index contributed by atoms with van der Waals surface area (Å²) in [6.07, 6.45) is 0.842. The Bertz CT molecular complexity index is 1000. The molecular formula is C19H16N2O4S. The largest absolute Gasteiger partial charge is 0.417 e. The number of carbonyl (C=O) groups excluding carboxylic acids is 1. The third-order valence-corrected chi connectivity index (χ3v) is 5.21. The van der Waals surface area contributed by atoms with Crippen molar-refractivity contribution in [2.24, 2.45) is 0 Å². The highest BCUT2D eigenvalue weighted by molar-refractivity contribution is 7.91. The van der Waals surface area contributed by atoms with Gasteiger partial charge in [-0.25, -0.2) is 18.2 Å². The van der Waals surface area contributed by atoms with E-state index in [2.05, 4.69) is 10.3 Å². The summed E-state index contributed by atoms with van der Waals surface area (Å²) in [6.45, 7) is 1.83. The van der Waals surface area contributed by atoms with Crippen molar-refractivity contribution in [1.82, 2.24) is 4.98 Å². The van der Waals surface area contributed by atoms with Gasteiger partial charge in [-0.15, -0.1) is 0 Å². The number of hydrogen-bond acceptors (Lipinski definition) is 5. The second kappa shape index (κ2) is 7.37. The molecule has 0 spiro atoms. The molecule has 0 aliphatic rings. The van der Waals surface area contributed by atoms with Crippen molar-refractivity contribution in [2.45, 2.75) is 16.8 Å². The van der Waals surface area contributed by atoms with Gasteiger partial charge in [0.15, 0.2) is 5.03 Å². The van der Waals surface area contributed by atoms with Crippen LogP contribution >= 0.6 is 0 Å². The lowest BCUT2D eigenvalue weighted by Gasteiger charge is -2.08. The fourth-order valence-corrected chi connectivity index (χ4v) is 3.36. The summed E-state index contributed by atoms with van der Waals surface area (Å²) < 4.78 is 30.2. The van der Waals surface area contributed by atoms with Crippen molar-refractivity contribution in [3.8, 4) is 5.75 Å². The number of aromatic nitrogens is 1. The molecule has 0 saturated heterocycles. The van der Waals surface area contributed by atoms with Crippen molar-refractivity contribution >= 4 is 21.6 Å². The Kier molecular flexibility index (Phi) is 4.99. The molecule has 1 aromatic heterocycles. The van der Waals surface area contributed by atoms with E-state index in [0.717, 1.165) is 5.56 Å². The van der Waals surface area contributed by atoms with Crippen LogP contribution in [0.1, 0.15) is 5.56 Å². The lowest BCUT2D eigenvalue weighted by atomic mass is 10.3. The number of sulfone groups is 1. The molecule has 0 unspecified atom stereocenters. The Morgan fingerprint density at radius 3 is 2.27 bits per heavy atom. The topological polar surface area (TPSA) is 85.4 Å². The van der Waals surface area contributed by atoms with E-state index in [9.17, 15) is 13.2 Å². The third-order valence-electron chi connectivity index (χ3n) is 3.52. The summed E-state index contributed by atoms with van der Waals surface area (Å²) >= 11 is 0. The first-order chi connectivity index (χ1) is 12.4. The predicted octanol–water partition coefficient (Wildman–Crippen LogP) is 3.83. The summed E-state index contributed by atoms with van der Waals surface area (Å²) in [6, 6.07) is 17.6. The Hall–Kier alpha value is -3.19. The summed E-state index contributed by atoms with van der Waals surface area (Å²) in [5.74, 6) is 0.412. The van der Waals surface area contributed by atoms with Crippen molar-refractivity contribution < 1.29 is 17.9 Å². The summed E-state index contributed by atoms with van der Waals surface area (Å²) in [5, 5.41) is 2.52. The van der Waals surface area contributed by atoms with Gasteiger partial charge in [-0.2, -0.15) is 0 Å². The highest BCUT2D eigenvalue weighted by atomic mass is 32.2. The molecule has 2 aromatic carbocycles. The molecule has 1 heterocycles. The monoisotopic (exact) mass is 368 g/mol. The molecule has 3 aromatic rings. The maximum absolute atomic E-state index is 12.5. The normalized spacial score (nSPS) is 11.0. The number of pyridine rings is 1. The minimum absolute atomic E-state index is 0.0210. The van der Waals surface area contributed by atoms with Gasteiger partial charge in [0, 0.05) is 11.9 Å². The average molecular weight is 368 g/mol. The van der Waals surface area contributed by atoms with Gasteiger partial charge < -0.3 is 4.74 Å². The molecule has 7 heteroatoms. The molecule has 0 aliphatic carbocycles. The summed E-state index contributed by atoms with van der Waals surface area (Å²) in [5.41, 5.74) is 1.29. The van der Waals surface area contributed by atoms with Crippen molar-refractivity contribution in [3.05, 3.63) is 78.5 Å². The fraction of sp³-hybridized carbons (Fsp3) is 0.0526. The van der Waals surface area contributed by atoms with Crippen LogP contribution in [0.5, 0.6) is 5.75 Å². The molecule has 132 valence electrons. The lowest BCUT2D eigenvalue weighted by molar-refractivity contribution is 0.215. The van der Waals surface area contributed by atoms with E-state index in [0.29, 0.717) is 11.4 Å². The first-order valence-electron chi connectivity index (χ1n) is 7.77. The summed E-state index contributed by atoms with van der Waals surface area (Å²) in [4.78, 5) is 15.9. The molecule has 0 aliphatic heterocycles. The number of ether oxygens (including phenoxy) is 1. The third kappa shape index (κ3) is 4.07. The van der Waals surface area contributed by atoms with E-state index in [1.807, 2.05) is 13.0 Å². The molecule has 0 saturated carbocycles. The van der Waals surface area contributed by atoms with Gasteiger partial charge in [0.25, 0.3) is 0 Å². The van der Waals surface area contributed by atoms with E-state index in [4.69, 9.17) is 4.74 Å². The number of carbonyl (C=O) groups is 1. The minimum atomic E-state index is -3.70. The molecule has 1 amide bonds. The van der Waals surface area contributed by atoms with E-state index in [-0.39, 0.29) is 9.92 Å². The molecule has 6 nitrogen and oxygen atoms in total. The lowest BCUT2D eigenvalue weighted by Crippen LogP contribution is -2.16. The maximum Gasteiger partial charge on any atom is 0.417 e. The van der Waals surface area contributed by atoms with Crippen molar-refractivity contribution in [2.75, 3.05) is 5.32 Å². The molecule has 1 N–H and O–H groups in total.